The number of rotatable bonds is 5. The van der Waals surface area contributed by atoms with Crippen molar-refractivity contribution in [2.45, 2.75) is 30.8 Å². The number of fused-ring (bicyclic) bond motifs is 2. The van der Waals surface area contributed by atoms with Crippen LogP contribution >= 0.6 is 0 Å². The number of sulfonamides is 1. The van der Waals surface area contributed by atoms with Crippen molar-refractivity contribution in [3.8, 4) is 0 Å². The molecule has 4 aromatic rings. The Morgan fingerprint density at radius 3 is 2.48 bits per heavy atom. The largest absolute Gasteiger partial charge is 0.348 e. The molecule has 0 unspecified atom stereocenters. The molecule has 5 nitrogen and oxygen atoms in total. The lowest BCUT2D eigenvalue weighted by molar-refractivity contribution is 0.0951. The number of nitrogens with zero attached hydrogens (tertiary/aromatic N) is 1. The van der Waals surface area contributed by atoms with Crippen LogP contribution in [0.1, 0.15) is 28.4 Å². The highest BCUT2D eigenvalue weighted by Gasteiger charge is 2.36. The highest BCUT2D eigenvalue weighted by Crippen LogP contribution is 2.37. The normalized spacial score (nSPS) is 15.4. The molecule has 1 N–H and O–H groups in total. The van der Waals surface area contributed by atoms with Crippen LogP contribution < -0.4 is 9.62 Å². The van der Waals surface area contributed by atoms with E-state index < -0.39 is 10.0 Å². The summed E-state index contributed by atoms with van der Waals surface area (Å²) in [5.41, 5.74) is 3.08. The summed E-state index contributed by atoms with van der Waals surface area (Å²) in [6.45, 7) is 2.31. The summed E-state index contributed by atoms with van der Waals surface area (Å²) >= 11 is 0. The van der Waals surface area contributed by atoms with Gasteiger partial charge in [-0.1, -0.05) is 60.7 Å². The Morgan fingerprint density at radius 1 is 0.939 bits per heavy atom. The van der Waals surface area contributed by atoms with E-state index in [0.717, 1.165) is 21.9 Å². The van der Waals surface area contributed by atoms with Crippen molar-refractivity contribution in [2.24, 2.45) is 0 Å². The first-order chi connectivity index (χ1) is 15.9. The van der Waals surface area contributed by atoms with Gasteiger partial charge in [-0.25, -0.2) is 8.42 Å². The maximum atomic E-state index is 13.2. The highest BCUT2D eigenvalue weighted by molar-refractivity contribution is 7.92. The monoisotopic (exact) mass is 456 g/mol. The molecule has 1 amide bonds. The number of anilines is 1. The van der Waals surface area contributed by atoms with Gasteiger partial charge >= 0.3 is 0 Å². The van der Waals surface area contributed by atoms with Crippen LogP contribution in [0.5, 0.6) is 0 Å². The molecule has 4 aromatic carbocycles. The van der Waals surface area contributed by atoms with Gasteiger partial charge in [0, 0.05) is 18.2 Å². The molecule has 6 heteroatoms. The molecular formula is C27H24N2O3S. The second-order valence-corrected chi connectivity index (χ2v) is 10.1. The average molecular weight is 457 g/mol. The van der Waals surface area contributed by atoms with Crippen molar-refractivity contribution >= 4 is 32.4 Å². The smallest absolute Gasteiger partial charge is 0.264 e. The SMILES string of the molecule is C[C@@H]1Cc2cc(C(=O)NCc3cccc4ccccc34)ccc2N1S(=O)(=O)c1ccccc1. The molecular weight excluding hydrogens is 432 g/mol. The maximum absolute atomic E-state index is 13.2. The number of hydrogen-bond acceptors (Lipinski definition) is 3. The summed E-state index contributed by atoms with van der Waals surface area (Å²) in [5, 5.41) is 5.26. The average Bonchev–Trinajstić information content (AvgIpc) is 3.18. The number of nitrogens with one attached hydrogen (secondary N) is 1. The van der Waals surface area contributed by atoms with E-state index in [1.54, 1.807) is 42.5 Å². The van der Waals surface area contributed by atoms with E-state index >= 15 is 0 Å². The van der Waals surface area contributed by atoms with Crippen LogP contribution in [0, 0.1) is 0 Å². The number of carbonyl (C=O) groups is 1. The van der Waals surface area contributed by atoms with E-state index in [1.165, 1.54) is 4.31 Å². The second-order valence-electron chi connectivity index (χ2n) is 8.33. The zero-order chi connectivity index (χ0) is 23.0. The molecule has 1 aliphatic rings. The lowest BCUT2D eigenvalue weighted by Crippen LogP contribution is -2.35. The predicted octanol–water partition coefficient (Wildman–Crippen LogP) is 4.91. The minimum absolute atomic E-state index is 0.178. The van der Waals surface area contributed by atoms with Crippen LogP contribution in [0.25, 0.3) is 10.8 Å². The number of hydrogen-bond donors (Lipinski definition) is 1. The van der Waals surface area contributed by atoms with Gasteiger partial charge in [-0.15, -0.1) is 0 Å². The molecule has 0 saturated carbocycles. The highest BCUT2D eigenvalue weighted by atomic mass is 32.2. The van der Waals surface area contributed by atoms with E-state index in [2.05, 4.69) is 23.5 Å². The number of benzene rings is 4. The molecule has 1 aliphatic heterocycles. The van der Waals surface area contributed by atoms with Crippen molar-refractivity contribution < 1.29 is 13.2 Å². The van der Waals surface area contributed by atoms with Crippen molar-refractivity contribution in [3.63, 3.8) is 0 Å². The molecule has 0 saturated heterocycles. The van der Waals surface area contributed by atoms with Gasteiger partial charge < -0.3 is 5.32 Å². The van der Waals surface area contributed by atoms with Crippen molar-refractivity contribution in [1.29, 1.82) is 0 Å². The third kappa shape index (κ3) is 3.87. The van der Waals surface area contributed by atoms with Gasteiger partial charge in [-0.05, 0) is 65.6 Å². The topological polar surface area (TPSA) is 66.5 Å². The van der Waals surface area contributed by atoms with Gasteiger partial charge in [-0.3, -0.25) is 9.10 Å². The first kappa shape index (κ1) is 21.2. The fraction of sp³-hybridized carbons (Fsp3) is 0.148. The summed E-state index contributed by atoms with van der Waals surface area (Å²) in [7, 11) is -3.67. The maximum Gasteiger partial charge on any atom is 0.264 e. The van der Waals surface area contributed by atoms with Gasteiger partial charge in [0.05, 0.1) is 10.6 Å². The molecule has 0 bridgehead atoms. The van der Waals surface area contributed by atoms with Crippen molar-refractivity contribution in [1.82, 2.24) is 5.32 Å². The summed E-state index contributed by atoms with van der Waals surface area (Å²) in [6, 6.07) is 27.6. The third-order valence-corrected chi connectivity index (χ3v) is 8.06. The van der Waals surface area contributed by atoms with Crippen LogP contribution in [0.3, 0.4) is 0 Å². The van der Waals surface area contributed by atoms with E-state index in [9.17, 15) is 13.2 Å². The quantitative estimate of drug-likeness (QED) is 0.464. The minimum Gasteiger partial charge on any atom is -0.348 e. The van der Waals surface area contributed by atoms with Crippen LogP contribution in [0.2, 0.25) is 0 Å². The molecule has 0 aromatic heterocycles. The van der Waals surface area contributed by atoms with Gasteiger partial charge in [0.15, 0.2) is 0 Å². The molecule has 0 aliphatic carbocycles. The summed E-state index contributed by atoms with van der Waals surface area (Å²) < 4.78 is 27.9. The van der Waals surface area contributed by atoms with Gasteiger partial charge in [0.25, 0.3) is 15.9 Å². The second kappa shape index (κ2) is 8.37. The molecule has 0 radical (unpaired) electrons. The standard InChI is InChI=1S/C27H24N2O3S/c1-19-16-23-17-21(14-15-26(23)29(19)33(31,32)24-11-3-2-4-12-24)27(30)28-18-22-10-7-9-20-8-5-6-13-25(20)22/h2-15,17,19H,16,18H2,1H3,(H,28,30)/t19-/m1/s1. The molecule has 1 heterocycles. The Bertz CT molecular complexity index is 1440. The van der Waals surface area contributed by atoms with E-state index in [-0.39, 0.29) is 16.8 Å². The fourth-order valence-corrected chi connectivity index (χ4v) is 6.25. The van der Waals surface area contributed by atoms with Crippen LogP contribution in [0.15, 0.2) is 95.9 Å². The molecule has 5 rings (SSSR count). The third-order valence-electron chi connectivity index (χ3n) is 6.11. The molecule has 0 fully saturated rings. The Morgan fingerprint density at radius 2 is 1.67 bits per heavy atom. The van der Waals surface area contributed by atoms with Crippen LogP contribution in [-0.4, -0.2) is 20.4 Å². The van der Waals surface area contributed by atoms with Crippen molar-refractivity contribution in [2.75, 3.05) is 4.31 Å². The fourth-order valence-electron chi connectivity index (χ4n) is 4.54. The zero-order valence-corrected chi connectivity index (χ0v) is 19.0. The lowest BCUT2D eigenvalue weighted by Gasteiger charge is -2.24. The van der Waals surface area contributed by atoms with Gasteiger partial charge in [0.1, 0.15) is 0 Å². The Balaban J connectivity index is 1.38. The first-order valence-corrected chi connectivity index (χ1v) is 12.4. The molecule has 1 atom stereocenters. The minimum atomic E-state index is -3.67. The van der Waals surface area contributed by atoms with Crippen molar-refractivity contribution in [3.05, 3.63) is 108 Å². The predicted molar refractivity (Wildman–Crippen MR) is 131 cm³/mol. The van der Waals surface area contributed by atoms with Gasteiger partial charge in [-0.2, -0.15) is 0 Å². The Kier molecular flexibility index (Phi) is 5.38. The van der Waals surface area contributed by atoms with E-state index in [4.69, 9.17) is 0 Å². The van der Waals surface area contributed by atoms with E-state index in [1.807, 2.05) is 37.3 Å². The Hall–Kier alpha value is -3.64. The summed E-state index contributed by atoms with van der Waals surface area (Å²) in [6.07, 6.45) is 0.561. The number of amides is 1. The van der Waals surface area contributed by atoms with Gasteiger partial charge in [0.2, 0.25) is 0 Å². The number of carbonyl (C=O) groups excluding carboxylic acids is 1. The summed E-state index contributed by atoms with van der Waals surface area (Å²) in [4.78, 5) is 13.2. The Labute approximate surface area is 193 Å². The molecule has 0 spiro atoms. The molecule has 33 heavy (non-hydrogen) atoms. The zero-order valence-electron chi connectivity index (χ0n) is 18.2. The molecule has 166 valence electrons. The van der Waals surface area contributed by atoms with Crippen LogP contribution in [-0.2, 0) is 23.0 Å². The van der Waals surface area contributed by atoms with Crippen LogP contribution in [0.4, 0.5) is 5.69 Å². The summed E-state index contributed by atoms with van der Waals surface area (Å²) in [5.74, 6) is -0.178. The lowest BCUT2D eigenvalue weighted by atomic mass is 10.0. The van der Waals surface area contributed by atoms with E-state index in [0.29, 0.717) is 24.2 Å². The first-order valence-electron chi connectivity index (χ1n) is 10.9.